The monoisotopic (exact) mass is 204 g/mol. The number of carboxylic acid groups (broad SMARTS) is 2. The van der Waals surface area contributed by atoms with Gasteiger partial charge in [0.1, 0.15) is 6.04 Å². The molecule has 0 aliphatic carbocycles. The highest BCUT2D eigenvalue weighted by Crippen LogP contribution is 2.05. The summed E-state index contributed by atoms with van der Waals surface area (Å²) >= 11 is 0. The lowest BCUT2D eigenvalue weighted by atomic mass is 10.0. The molecule has 7 nitrogen and oxygen atoms in total. The van der Waals surface area contributed by atoms with E-state index in [9.17, 15) is 14.4 Å². The highest BCUT2D eigenvalue weighted by atomic mass is 16.4. The van der Waals surface area contributed by atoms with Crippen LogP contribution >= 0.6 is 0 Å². The van der Waals surface area contributed by atoms with E-state index in [1.807, 2.05) is 0 Å². The lowest BCUT2D eigenvalue weighted by Crippen LogP contribution is -2.42. The molecule has 0 bridgehead atoms. The average Bonchev–Trinajstić information content (AvgIpc) is 2.01. The summed E-state index contributed by atoms with van der Waals surface area (Å²) < 4.78 is 0. The molecular weight excluding hydrogens is 192 g/mol. The number of primary amides is 1. The number of hydrogen-bond donors (Lipinski definition) is 4. The summed E-state index contributed by atoms with van der Waals surface area (Å²) in [5.74, 6) is -2.69. The first-order chi connectivity index (χ1) is 6.34. The Kier molecular flexibility index (Phi) is 4.41. The van der Waals surface area contributed by atoms with Gasteiger partial charge in [-0.05, 0) is 6.42 Å². The molecule has 80 valence electrons. The number of aliphatic carboxylic acids is 1. The fourth-order valence-corrected chi connectivity index (χ4v) is 0.840. The summed E-state index contributed by atoms with van der Waals surface area (Å²) in [5, 5.41) is 18.6. The van der Waals surface area contributed by atoms with Crippen LogP contribution in [0.4, 0.5) is 4.79 Å². The molecule has 0 rings (SSSR count). The van der Waals surface area contributed by atoms with Crippen molar-refractivity contribution < 1.29 is 24.6 Å². The van der Waals surface area contributed by atoms with Gasteiger partial charge in [-0.3, -0.25) is 4.79 Å². The maximum absolute atomic E-state index is 10.6. The van der Waals surface area contributed by atoms with E-state index in [0.717, 1.165) is 0 Å². The molecule has 0 aliphatic rings. The molecule has 2 amide bonds. The van der Waals surface area contributed by atoms with E-state index in [4.69, 9.17) is 15.9 Å². The molecule has 2 atom stereocenters. The van der Waals surface area contributed by atoms with Crippen molar-refractivity contribution in [3.63, 3.8) is 0 Å². The molecule has 1 unspecified atom stereocenters. The molecular formula is C7H12N2O5. The van der Waals surface area contributed by atoms with Crippen molar-refractivity contribution >= 4 is 18.0 Å². The third kappa shape index (κ3) is 4.29. The Balaban J connectivity index is 4.30. The van der Waals surface area contributed by atoms with E-state index in [-0.39, 0.29) is 6.42 Å². The molecule has 0 saturated carbocycles. The number of carbonyl (C=O) groups is 3. The van der Waals surface area contributed by atoms with Crippen molar-refractivity contribution in [3.8, 4) is 0 Å². The van der Waals surface area contributed by atoms with E-state index in [0.29, 0.717) is 0 Å². The van der Waals surface area contributed by atoms with Crippen LogP contribution in [0.25, 0.3) is 0 Å². The van der Waals surface area contributed by atoms with Crippen molar-refractivity contribution in [1.29, 1.82) is 0 Å². The van der Waals surface area contributed by atoms with Gasteiger partial charge >= 0.3 is 12.1 Å². The van der Waals surface area contributed by atoms with Gasteiger partial charge in [-0.25, -0.2) is 9.59 Å². The zero-order valence-electron chi connectivity index (χ0n) is 7.56. The number of nitrogens with one attached hydrogen (secondary N) is 1. The lowest BCUT2D eigenvalue weighted by Gasteiger charge is -2.14. The summed E-state index contributed by atoms with van der Waals surface area (Å²) in [5.41, 5.74) is 4.91. The van der Waals surface area contributed by atoms with Crippen molar-refractivity contribution in [1.82, 2.24) is 5.32 Å². The third-order valence-electron chi connectivity index (χ3n) is 1.67. The minimum absolute atomic E-state index is 0.156. The quantitative estimate of drug-likeness (QED) is 0.466. The zero-order valence-corrected chi connectivity index (χ0v) is 7.56. The van der Waals surface area contributed by atoms with Crippen molar-refractivity contribution in [2.24, 2.45) is 11.7 Å². The summed E-state index contributed by atoms with van der Waals surface area (Å²) in [7, 11) is 0. The summed E-state index contributed by atoms with van der Waals surface area (Å²) in [6.45, 7) is 1.43. The van der Waals surface area contributed by atoms with Crippen molar-refractivity contribution in [2.75, 3.05) is 0 Å². The Morgan fingerprint density at radius 1 is 1.36 bits per heavy atom. The molecule has 0 spiro atoms. The van der Waals surface area contributed by atoms with Gasteiger partial charge < -0.3 is 21.3 Å². The van der Waals surface area contributed by atoms with Crippen LogP contribution in [0.5, 0.6) is 0 Å². The molecule has 0 aromatic rings. The van der Waals surface area contributed by atoms with Crippen LogP contribution in [0, 0.1) is 5.92 Å². The van der Waals surface area contributed by atoms with Gasteiger partial charge in [-0.15, -0.1) is 0 Å². The van der Waals surface area contributed by atoms with Crippen LogP contribution in [0.2, 0.25) is 0 Å². The second kappa shape index (κ2) is 5.05. The maximum Gasteiger partial charge on any atom is 0.405 e. The van der Waals surface area contributed by atoms with Crippen LogP contribution in [-0.2, 0) is 9.59 Å². The normalized spacial score (nSPS) is 14.1. The Morgan fingerprint density at radius 3 is 2.14 bits per heavy atom. The number of amides is 2. The average molecular weight is 204 g/mol. The van der Waals surface area contributed by atoms with E-state index >= 15 is 0 Å². The first kappa shape index (κ1) is 12.2. The largest absolute Gasteiger partial charge is 0.480 e. The predicted molar refractivity (Wildman–Crippen MR) is 45.6 cm³/mol. The highest BCUT2D eigenvalue weighted by molar-refractivity contribution is 5.81. The third-order valence-corrected chi connectivity index (χ3v) is 1.67. The van der Waals surface area contributed by atoms with Crippen molar-refractivity contribution in [2.45, 2.75) is 19.4 Å². The van der Waals surface area contributed by atoms with Gasteiger partial charge in [0.15, 0.2) is 0 Å². The standard InChI is InChI=1S/C7H12N2O5/c1-3(5(8)10)2-4(6(11)12)9-7(13)14/h3-4,9H,2H2,1H3,(H2,8,10)(H,11,12)(H,13,14)/t3?,4-/m0/s1. The van der Waals surface area contributed by atoms with Crippen LogP contribution < -0.4 is 11.1 Å². The van der Waals surface area contributed by atoms with Crippen LogP contribution in [0.3, 0.4) is 0 Å². The molecule has 0 fully saturated rings. The molecule has 5 N–H and O–H groups in total. The highest BCUT2D eigenvalue weighted by Gasteiger charge is 2.24. The van der Waals surface area contributed by atoms with Crippen LogP contribution in [-0.4, -0.2) is 34.2 Å². The smallest absolute Gasteiger partial charge is 0.405 e. The number of nitrogens with two attached hydrogens (primary N) is 1. The second-order valence-electron chi connectivity index (χ2n) is 2.88. The van der Waals surface area contributed by atoms with E-state index in [1.54, 1.807) is 5.32 Å². The van der Waals surface area contributed by atoms with E-state index < -0.39 is 29.9 Å². The van der Waals surface area contributed by atoms with Gasteiger partial charge in [0.2, 0.25) is 5.91 Å². The molecule has 0 radical (unpaired) electrons. The summed E-state index contributed by atoms with van der Waals surface area (Å²) in [4.78, 5) is 31.3. The molecule has 14 heavy (non-hydrogen) atoms. The Morgan fingerprint density at radius 2 is 1.86 bits per heavy atom. The lowest BCUT2D eigenvalue weighted by molar-refractivity contribution is -0.140. The fourth-order valence-electron chi connectivity index (χ4n) is 0.840. The summed E-state index contributed by atoms with van der Waals surface area (Å²) in [6, 6.07) is -1.31. The van der Waals surface area contributed by atoms with Gasteiger partial charge in [-0.1, -0.05) is 6.92 Å². The van der Waals surface area contributed by atoms with Crippen LogP contribution in [0.1, 0.15) is 13.3 Å². The molecule has 0 saturated heterocycles. The Labute approximate surface area is 79.9 Å². The topological polar surface area (TPSA) is 130 Å². The minimum atomic E-state index is -1.45. The summed E-state index contributed by atoms with van der Waals surface area (Å²) in [6.07, 6.45) is -1.61. The van der Waals surface area contributed by atoms with Crippen LogP contribution in [0.15, 0.2) is 0 Å². The number of rotatable bonds is 5. The van der Waals surface area contributed by atoms with Gasteiger partial charge in [0, 0.05) is 5.92 Å². The molecule has 0 aromatic heterocycles. The SMILES string of the molecule is CC(C[C@H](NC(=O)O)C(=O)O)C(N)=O. The molecule has 0 aliphatic heterocycles. The second-order valence-corrected chi connectivity index (χ2v) is 2.88. The first-order valence-electron chi connectivity index (χ1n) is 3.86. The number of carboxylic acids is 1. The molecule has 7 heteroatoms. The minimum Gasteiger partial charge on any atom is -0.480 e. The van der Waals surface area contributed by atoms with Gasteiger partial charge in [0.05, 0.1) is 0 Å². The van der Waals surface area contributed by atoms with E-state index in [2.05, 4.69) is 0 Å². The molecule has 0 heterocycles. The fraction of sp³-hybridized carbons (Fsp3) is 0.571. The van der Waals surface area contributed by atoms with Crippen molar-refractivity contribution in [3.05, 3.63) is 0 Å². The number of carbonyl (C=O) groups excluding carboxylic acids is 1. The predicted octanol–water partition coefficient (Wildman–Crippen LogP) is -0.781. The first-order valence-corrected chi connectivity index (χ1v) is 3.86. The Hall–Kier alpha value is -1.79. The van der Waals surface area contributed by atoms with Gasteiger partial charge in [0.25, 0.3) is 0 Å². The van der Waals surface area contributed by atoms with Gasteiger partial charge in [-0.2, -0.15) is 0 Å². The molecule has 0 aromatic carbocycles. The maximum atomic E-state index is 10.6. The Bertz CT molecular complexity index is 252. The zero-order chi connectivity index (χ0) is 11.3. The number of hydrogen-bond acceptors (Lipinski definition) is 3. The van der Waals surface area contributed by atoms with E-state index in [1.165, 1.54) is 6.92 Å².